The Labute approximate surface area is 219 Å². The van der Waals surface area contributed by atoms with Crippen molar-refractivity contribution in [3.8, 4) is 0 Å². The van der Waals surface area contributed by atoms with Crippen LogP contribution >= 0.6 is 11.6 Å². The summed E-state index contributed by atoms with van der Waals surface area (Å²) >= 11 is 6.34. The molecule has 0 spiro atoms. The zero-order valence-corrected chi connectivity index (χ0v) is 21.8. The van der Waals surface area contributed by atoms with Gasteiger partial charge in [-0.3, -0.25) is 13.9 Å². The third kappa shape index (κ3) is 7.27. The van der Waals surface area contributed by atoms with Gasteiger partial charge in [-0.05, 0) is 29.3 Å². The highest BCUT2D eigenvalue weighted by atomic mass is 35.5. The van der Waals surface area contributed by atoms with Gasteiger partial charge < -0.3 is 10.2 Å². The van der Waals surface area contributed by atoms with Crippen molar-refractivity contribution >= 4 is 39.1 Å². The van der Waals surface area contributed by atoms with Crippen LogP contribution in [-0.2, 0) is 32.6 Å². The van der Waals surface area contributed by atoms with Crippen molar-refractivity contribution in [2.24, 2.45) is 0 Å². The lowest BCUT2D eigenvalue weighted by molar-refractivity contribution is -0.139. The van der Waals surface area contributed by atoms with Gasteiger partial charge in [-0.2, -0.15) is 0 Å². The molecule has 1 atom stereocenters. The number of sulfonamides is 1. The van der Waals surface area contributed by atoms with E-state index in [1.54, 1.807) is 48.5 Å². The van der Waals surface area contributed by atoms with Crippen molar-refractivity contribution in [3.63, 3.8) is 0 Å². The predicted molar refractivity (Wildman–Crippen MR) is 139 cm³/mol. The Bertz CT molecular complexity index is 1370. The second-order valence-corrected chi connectivity index (χ2v) is 10.6. The summed E-state index contributed by atoms with van der Waals surface area (Å²) in [5, 5.41) is 2.92. The van der Waals surface area contributed by atoms with E-state index in [4.69, 9.17) is 11.6 Å². The van der Waals surface area contributed by atoms with E-state index in [1.165, 1.54) is 11.9 Å². The molecule has 0 saturated carbocycles. The smallest absolute Gasteiger partial charge is 0.244 e. The Morgan fingerprint density at radius 1 is 0.973 bits per heavy atom. The molecule has 0 fully saturated rings. The first-order chi connectivity index (χ1) is 17.5. The van der Waals surface area contributed by atoms with Crippen LogP contribution in [0.2, 0.25) is 5.02 Å². The molecule has 1 N–H and O–H groups in total. The first-order valence-corrected chi connectivity index (χ1v) is 13.4. The first-order valence-electron chi connectivity index (χ1n) is 11.2. The number of nitrogens with zero attached hydrogens (tertiary/aromatic N) is 2. The number of nitrogens with one attached hydrogen (secondary N) is 1. The molecule has 3 aromatic carbocycles. The fourth-order valence-corrected chi connectivity index (χ4v) is 4.82. The lowest BCUT2D eigenvalue weighted by Crippen LogP contribution is -2.52. The fraction of sp³-hybridized carbons (Fsp3) is 0.231. The van der Waals surface area contributed by atoms with E-state index in [2.05, 4.69) is 5.32 Å². The predicted octanol–water partition coefficient (Wildman–Crippen LogP) is 3.77. The molecule has 196 valence electrons. The van der Waals surface area contributed by atoms with Gasteiger partial charge in [-0.25, -0.2) is 17.2 Å². The summed E-state index contributed by atoms with van der Waals surface area (Å²) < 4.78 is 53.3. The summed E-state index contributed by atoms with van der Waals surface area (Å²) in [5.74, 6) is -3.63. The standard InChI is InChI=1S/C26H26ClF2N3O4S/c1-30-26(34)24(14-18-8-4-3-5-9-18)31(16-19-10-6-7-11-21(19)27)25(33)17-32(37(2,35)36)20-12-13-22(28)23(29)15-20/h3-13,15,24H,14,16-17H2,1-2H3,(H,30,34)/t24-/m0/s1. The van der Waals surface area contributed by atoms with Gasteiger partial charge in [0, 0.05) is 31.1 Å². The second-order valence-electron chi connectivity index (χ2n) is 8.30. The number of hydrogen-bond donors (Lipinski definition) is 1. The van der Waals surface area contributed by atoms with Crippen LogP contribution in [0.25, 0.3) is 0 Å². The molecule has 0 saturated heterocycles. The number of carbonyl (C=O) groups excluding carboxylic acids is 2. The van der Waals surface area contributed by atoms with Crippen molar-refractivity contribution < 1.29 is 26.8 Å². The zero-order chi connectivity index (χ0) is 27.2. The van der Waals surface area contributed by atoms with Gasteiger partial charge in [0.1, 0.15) is 12.6 Å². The number of halogens is 3. The number of rotatable bonds is 10. The molecule has 2 amide bonds. The third-order valence-electron chi connectivity index (χ3n) is 5.69. The van der Waals surface area contributed by atoms with Gasteiger partial charge in [0.25, 0.3) is 0 Å². The molecule has 0 aliphatic heterocycles. The molecule has 0 bridgehead atoms. The van der Waals surface area contributed by atoms with Crippen molar-refractivity contribution in [2.75, 3.05) is 24.2 Å². The highest BCUT2D eigenvalue weighted by molar-refractivity contribution is 7.92. The monoisotopic (exact) mass is 549 g/mol. The Kier molecular flexibility index (Phi) is 9.23. The molecule has 0 aromatic heterocycles. The summed E-state index contributed by atoms with van der Waals surface area (Å²) in [6.45, 7) is -0.852. The van der Waals surface area contributed by atoms with Crippen LogP contribution in [0.3, 0.4) is 0 Å². The van der Waals surface area contributed by atoms with E-state index in [1.807, 2.05) is 6.07 Å². The van der Waals surface area contributed by atoms with Crippen molar-refractivity contribution in [1.29, 1.82) is 0 Å². The number of carbonyl (C=O) groups is 2. The molecular formula is C26H26ClF2N3O4S. The largest absolute Gasteiger partial charge is 0.357 e. The maximum absolute atomic E-state index is 13.9. The van der Waals surface area contributed by atoms with E-state index in [-0.39, 0.29) is 18.7 Å². The molecule has 7 nitrogen and oxygen atoms in total. The molecule has 0 aliphatic carbocycles. The number of hydrogen-bond acceptors (Lipinski definition) is 4. The molecule has 0 radical (unpaired) electrons. The number of likely N-dealkylation sites (N-methyl/N-ethyl adjacent to an activating group) is 1. The normalized spacial score (nSPS) is 12.0. The van der Waals surface area contributed by atoms with Crippen molar-refractivity contribution in [2.45, 2.75) is 19.0 Å². The van der Waals surface area contributed by atoms with Crippen LogP contribution in [-0.4, -0.2) is 51.0 Å². The molecule has 0 unspecified atom stereocenters. The average molecular weight is 550 g/mol. The summed E-state index contributed by atoms with van der Waals surface area (Å²) in [6.07, 6.45) is 0.987. The maximum Gasteiger partial charge on any atom is 0.244 e. The summed E-state index contributed by atoms with van der Waals surface area (Å²) in [7, 11) is -2.66. The lowest BCUT2D eigenvalue weighted by Gasteiger charge is -2.33. The highest BCUT2D eigenvalue weighted by Crippen LogP contribution is 2.24. The van der Waals surface area contributed by atoms with Gasteiger partial charge in [0.15, 0.2) is 11.6 Å². The molecule has 3 aromatic rings. The average Bonchev–Trinajstić information content (AvgIpc) is 2.86. The maximum atomic E-state index is 13.9. The molecule has 0 heterocycles. The number of amides is 2. The van der Waals surface area contributed by atoms with Gasteiger partial charge in [0.05, 0.1) is 11.9 Å². The van der Waals surface area contributed by atoms with E-state index in [0.717, 1.165) is 24.0 Å². The van der Waals surface area contributed by atoms with E-state index in [0.29, 0.717) is 21.0 Å². The fourth-order valence-electron chi connectivity index (χ4n) is 3.78. The summed E-state index contributed by atoms with van der Waals surface area (Å²) in [5.41, 5.74) is 1.08. The SMILES string of the molecule is CNC(=O)[C@H](Cc1ccccc1)N(Cc1ccccc1Cl)C(=O)CN(c1ccc(F)c(F)c1)S(C)(=O)=O. The van der Waals surface area contributed by atoms with Gasteiger partial charge in [-0.1, -0.05) is 60.1 Å². The Morgan fingerprint density at radius 2 is 1.62 bits per heavy atom. The van der Waals surface area contributed by atoms with Gasteiger partial charge in [-0.15, -0.1) is 0 Å². The summed E-state index contributed by atoms with van der Waals surface area (Å²) in [4.78, 5) is 28.0. The van der Waals surface area contributed by atoms with Crippen LogP contribution < -0.4 is 9.62 Å². The quantitative estimate of drug-likeness (QED) is 0.417. The Morgan fingerprint density at radius 3 is 2.22 bits per heavy atom. The Hall–Kier alpha value is -3.50. The minimum atomic E-state index is -4.10. The summed E-state index contributed by atoms with van der Waals surface area (Å²) in [6, 6.07) is 17.3. The minimum Gasteiger partial charge on any atom is -0.357 e. The van der Waals surface area contributed by atoms with E-state index < -0.39 is 46.1 Å². The number of anilines is 1. The van der Waals surface area contributed by atoms with Crippen LogP contribution in [0, 0.1) is 11.6 Å². The first kappa shape index (κ1) is 28.1. The van der Waals surface area contributed by atoms with Gasteiger partial charge >= 0.3 is 0 Å². The lowest BCUT2D eigenvalue weighted by atomic mass is 10.0. The number of benzene rings is 3. The zero-order valence-electron chi connectivity index (χ0n) is 20.2. The molecular weight excluding hydrogens is 524 g/mol. The third-order valence-corrected chi connectivity index (χ3v) is 7.20. The van der Waals surface area contributed by atoms with Crippen molar-refractivity contribution in [3.05, 3.63) is 101 Å². The molecule has 0 aliphatic rings. The van der Waals surface area contributed by atoms with E-state index >= 15 is 0 Å². The molecule has 3 rings (SSSR count). The van der Waals surface area contributed by atoms with E-state index in [9.17, 15) is 26.8 Å². The van der Waals surface area contributed by atoms with Crippen LogP contribution in [0.5, 0.6) is 0 Å². The molecule has 37 heavy (non-hydrogen) atoms. The molecule has 11 heteroatoms. The van der Waals surface area contributed by atoms with Gasteiger partial charge in [0.2, 0.25) is 21.8 Å². The van der Waals surface area contributed by atoms with Crippen LogP contribution in [0.4, 0.5) is 14.5 Å². The van der Waals surface area contributed by atoms with Crippen LogP contribution in [0.1, 0.15) is 11.1 Å². The van der Waals surface area contributed by atoms with Crippen LogP contribution in [0.15, 0.2) is 72.8 Å². The topological polar surface area (TPSA) is 86.8 Å². The minimum absolute atomic E-state index is 0.0984. The van der Waals surface area contributed by atoms with Crippen molar-refractivity contribution in [1.82, 2.24) is 10.2 Å². The Balaban J connectivity index is 2.05. The highest BCUT2D eigenvalue weighted by Gasteiger charge is 2.33. The second kappa shape index (κ2) is 12.2.